The molecule has 2 heterocycles. The van der Waals surface area contributed by atoms with Crippen LogP contribution in [-0.2, 0) is 4.79 Å². The van der Waals surface area contributed by atoms with E-state index in [-0.39, 0.29) is 17.7 Å². The van der Waals surface area contributed by atoms with Gasteiger partial charge in [0.1, 0.15) is 5.01 Å². The highest BCUT2D eigenvalue weighted by molar-refractivity contribution is 7.99. The topological polar surface area (TPSA) is 89.9 Å². The largest absolute Gasteiger partial charge is 0.336 e. The van der Waals surface area contributed by atoms with Crippen molar-refractivity contribution in [2.24, 2.45) is 0 Å². The Hall–Kier alpha value is -2.91. The third-order valence-corrected chi connectivity index (χ3v) is 7.08. The predicted molar refractivity (Wildman–Crippen MR) is 122 cm³/mol. The van der Waals surface area contributed by atoms with Crippen LogP contribution in [0.4, 0.5) is 0 Å². The molecule has 7 nitrogen and oxygen atoms in total. The van der Waals surface area contributed by atoms with Crippen molar-refractivity contribution in [3.63, 3.8) is 0 Å². The SMILES string of the molecule is Cc1ccc(-c2nnc(SCC(=O)N(C)[C@H](C)c3nc4ccccc4s3)n2N)cc1. The molecule has 1 atom stereocenters. The Labute approximate surface area is 182 Å². The number of nitrogens with zero attached hydrogens (tertiary/aromatic N) is 5. The minimum atomic E-state index is -0.116. The fraction of sp³-hybridized carbons (Fsp3) is 0.238. The average molecular weight is 439 g/mol. The van der Waals surface area contributed by atoms with Crippen LogP contribution in [0.2, 0.25) is 0 Å². The number of benzene rings is 2. The highest BCUT2D eigenvalue weighted by Crippen LogP contribution is 2.29. The number of thioether (sulfide) groups is 1. The molecule has 1 amide bonds. The second kappa shape index (κ2) is 8.45. The van der Waals surface area contributed by atoms with Gasteiger partial charge in [0.25, 0.3) is 0 Å². The summed E-state index contributed by atoms with van der Waals surface area (Å²) in [5.41, 5.74) is 3.00. The number of para-hydroxylation sites is 1. The number of aromatic nitrogens is 4. The number of fused-ring (bicyclic) bond motifs is 1. The Bertz CT molecular complexity index is 1150. The third kappa shape index (κ3) is 4.03. The number of thiazole rings is 1. The fourth-order valence-corrected chi connectivity index (χ4v) is 4.80. The fourth-order valence-electron chi connectivity index (χ4n) is 2.95. The number of aryl methyl sites for hydroxylation is 1. The molecular weight excluding hydrogens is 416 g/mol. The van der Waals surface area contributed by atoms with Crippen molar-refractivity contribution >= 4 is 39.2 Å². The zero-order valence-corrected chi connectivity index (χ0v) is 18.6. The maximum absolute atomic E-state index is 12.8. The van der Waals surface area contributed by atoms with Gasteiger partial charge in [-0.15, -0.1) is 21.5 Å². The van der Waals surface area contributed by atoms with Crippen molar-refractivity contribution in [3.05, 3.63) is 59.1 Å². The van der Waals surface area contributed by atoms with Crippen LogP contribution in [0.15, 0.2) is 53.7 Å². The number of hydrogen-bond donors (Lipinski definition) is 1. The molecule has 4 aromatic rings. The van der Waals surface area contributed by atoms with Crippen LogP contribution in [0.1, 0.15) is 23.5 Å². The molecule has 9 heteroatoms. The van der Waals surface area contributed by atoms with Gasteiger partial charge in [0, 0.05) is 12.6 Å². The maximum atomic E-state index is 12.8. The summed E-state index contributed by atoms with van der Waals surface area (Å²) in [6.07, 6.45) is 0. The van der Waals surface area contributed by atoms with Gasteiger partial charge in [-0.25, -0.2) is 9.66 Å². The molecule has 4 rings (SSSR count). The summed E-state index contributed by atoms with van der Waals surface area (Å²) >= 11 is 2.89. The molecule has 2 aromatic heterocycles. The number of rotatable bonds is 6. The lowest BCUT2D eigenvalue weighted by Gasteiger charge is -2.23. The van der Waals surface area contributed by atoms with E-state index in [0.717, 1.165) is 26.4 Å². The van der Waals surface area contributed by atoms with Crippen LogP contribution in [0, 0.1) is 6.92 Å². The van der Waals surface area contributed by atoms with E-state index in [0.29, 0.717) is 11.0 Å². The molecule has 0 bridgehead atoms. The van der Waals surface area contributed by atoms with Crippen LogP contribution in [0.25, 0.3) is 21.6 Å². The molecule has 2 N–H and O–H groups in total. The summed E-state index contributed by atoms with van der Waals surface area (Å²) in [5.74, 6) is 6.93. The molecule has 2 aromatic carbocycles. The lowest BCUT2D eigenvalue weighted by Crippen LogP contribution is -2.31. The highest BCUT2D eigenvalue weighted by atomic mass is 32.2. The highest BCUT2D eigenvalue weighted by Gasteiger charge is 2.22. The molecule has 0 aliphatic rings. The Morgan fingerprint density at radius 1 is 1.20 bits per heavy atom. The summed E-state index contributed by atoms with van der Waals surface area (Å²) in [6, 6.07) is 15.8. The van der Waals surface area contributed by atoms with Gasteiger partial charge in [0.05, 0.1) is 22.0 Å². The minimum Gasteiger partial charge on any atom is -0.336 e. The second-order valence-corrected chi connectivity index (χ2v) is 9.04. The summed E-state index contributed by atoms with van der Waals surface area (Å²) < 4.78 is 2.55. The molecule has 30 heavy (non-hydrogen) atoms. The monoisotopic (exact) mass is 438 g/mol. The summed E-state index contributed by atoms with van der Waals surface area (Å²) in [6.45, 7) is 4.01. The van der Waals surface area contributed by atoms with Gasteiger partial charge in [-0.05, 0) is 26.0 Å². The number of hydrogen-bond acceptors (Lipinski definition) is 7. The molecule has 154 valence electrons. The van der Waals surface area contributed by atoms with Gasteiger partial charge in [-0.3, -0.25) is 4.79 Å². The summed E-state index contributed by atoms with van der Waals surface area (Å²) in [4.78, 5) is 19.1. The number of carbonyl (C=O) groups is 1. The molecule has 0 radical (unpaired) electrons. The number of nitrogen functional groups attached to an aromatic ring is 1. The van der Waals surface area contributed by atoms with Crippen LogP contribution >= 0.6 is 23.1 Å². The van der Waals surface area contributed by atoms with Crippen molar-refractivity contribution in [2.45, 2.75) is 25.0 Å². The summed E-state index contributed by atoms with van der Waals surface area (Å²) in [5, 5.41) is 9.74. The van der Waals surface area contributed by atoms with Crippen molar-refractivity contribution in [3.8, 4) is 11.4 Å². The standard InChI is InChI=1S/C21H22N6OS2/c1-13-8-10-15(11-9-13)19-24-25-21(27(19)22)29-12-18(28)26(3)14(2)20-23-16-6-4-5-7-17(16)30-20/h4-11,14H,12,22H2,1-3H3/t14-/m1/s1. The third-order valence-electron chi connectivity index (χ3n) is 4.94. The van der Waals surface area contributed by atoms with E-state index in [4.69, 9.17) is 5.84 Å². The van der Waals surface area contributed by atoms with E-state index in [2.05, 4.69) is 15.2 Å². The predicted octanol–water partition coefficient (Wildman–Crippen LogP) is 3.89. The van der Waals surface area contributed by atoms with Crippen molar-refractivity contribution in [1.29, 1.82) is 0 Å². The molecule has 0 saturated carbocycles. The normalized spacial score (nSPS) is 12.2. The number of amides is 1. The van der Waals surface area contributed by atoms with E-state index >= 15 is 0 Å². The van der Waals surface area contributed by atoms with Gasteiger partial charge in [-0.1, -0.05) is 53.7 Å². The van der Waals surface area contributed by atoms with Crippen LogP contribution in [0.3, 0.4) is 0 Å². The lowest BCUT2D eigenvalue weighted by molar-refractivity contribution is -0.128. The number of nitrogens with two attached hydrogens (primary N) is 1. The van der Waals surface area contributed by atoms with Crippen LogP contribution in [-0.4, -0.2) is 43.5 Å². The van der Waals surface area contributed by atoms with E-state index < -0.39 is 0 Å². The van der Waals surface area contributed by atoms with Gasteiger partial charge < -0.3 is 10.7 Å². The first-order chi connectivity index (χ1) is 14.4. The smallest absolute Gasteiger partial charge is 0.233 e. The first-order valence-electron chi connectivity index (χ1n) is 9.45. The second-order valence-electron chi connectivity index (χ2n) is 7.03. The van der Waals surface area contributed by atoms with Gasteiger partial charge in [-0.2, -0.15) is 0 Å². The van der Waals surface area contributed by atoms with Crippen molar-refractivity contribution in [1.82, 2.24) is 24.8 Å². The van der Waals surface area contributed by atoms with Crippen molar-refractivity contribution in [2.75, 3.05) is 18.6 Å². The Morgan fingerprint density at radius 3 is 2.67 bits per heavy atom. The lowest BCUT2D eigenvalue weighted by atomic mass is 10.1. The summed E-state index contributed by atoms with van der Waals surface area (Å²) in [7, 11) is 1.80. The number of carbonyl (C=O) groups excluding carboxylic acids is 1. The minimum absolute atomic E-state index is 0.0216. The van der Waals surface area contributed by atoms with Crippen molar-refractivity contribution < 1.29 is 4.79 Å². The quantitative estimate of drug-likeness (QED) is 0.363. The van der Waals surface area contributed by atoms with Gasteiger partial charge in [0.2, 0.25) is 11.1 Å². The van der Waals surface area contributed by atoms with Crippen LogP contribution in [0.5, 0.6) is 0 Å². The first-order valence-corrected chi connectivity index (χ1v) is 11.3. The molecule has 0 unspecified atom stereocenters. The van der Waals surface area contributed by atoms with E-state index in [1.807, 2.05) is 62.4 Å². The Kier molecular flexibility index (Phi) is 5.74. The molecule has 0 fully saturated rings. The molecule has 0 saturated heterocycles. The van der Waals surface area contributed by atoms with Crippen LogP contribution < -0.4 is 5.84 Å². The molecular formula is C21H22N6OS2. The van der Waals surface area contributed by atoms with E-state index in [9.17, 15) is 4.79 Å². The zero-order chi connectivity index (χ0) is 21.3. The van der Waals surface area contributed by atoms with E-state index in [1.165, 1.54) is 16.4 Å². The van der Waals surface area contributed by atoms with Gasteiger partial charge in [0.15, 0.2) is 5.82 Å². The molecule has 0 spiro atoms. The van der Waals surface area contributed by atoms with E-state index in [1.54, 1.807) is 23.3 Å². The maximum Gasteiger partial charge on any atom is 0.233 e. The Balaban J connectivity index is 1.42. The Morgan fingerprint density at radius 2 is 1.93 bits per heavy atom. The first kappa shape index (κ1) is 20.4. The average Bonchev–Trinajstić information content (AvgIpc) is 3.35. The molecule has 0 aliphatic heterocycles. The zero-order valence-electron chi connectivity index (χ0n) is 16.9. The van der Waals surface area contributed by atoms with Gasteiger partial charge >= 0.3 is 0 Å². The molecule has 0 aliphatic carbocycles.